The fourth-order valence-corrected chi connectivity index (χ4v) is 2.78. The Hall–Kier alpha value is -0.680. The van der Waals surface area contributed by atoms with Crippen LogP contribution in [0.25, 0.3) is 0 Å². The maximum absolute atomic E-state index is 4.41. The Morgan fingerprint density at radius 2 is 2.24 bits per heavy atom. The van der Waals surface area contributed by atoms with Crippen molar-refractivity contribution in [1.29, 1.82) is 0 Å². The molecule has 0 aliphatic heterocycles. The molecule has 0 radical (unpaired) electrons. The molecule has 96 valence electrons. The van der Waals surface area contributed by atoms with Crippen molar-refractivity contribution in [2.45, 2.75) is 24.1 Å². The molecule has 2 rings (SSSR count). The molecule has 1 aromatic rings. The summed E-state index contributed by atoms with van der Waals surface area (Å²) in [5.41, 5.74) is 1.24. The molecule has 17 heavy (non-hydrogen) atoms. The number of nitrogens with zero attached hydrogens (tertiary/aromatic N) is 3. The first kappa shape index (κ1) is 12.8. The number of hydrogen-bond donors (Lipinski definition) is 1. The van der Waals surface area contributed by atoms with E-state index in [0.717, 1.165) is 19.0 Å². The summed E-state index contributed by atoms with van der Waals surface area (Å²) < 4.78 is 2.68. The van der Waals surface area contributed by atoms with Gasteiger partial charge in [-0.15, -0.1) is 0 Å². The topological polar surface area (TPSA) is 33.1 Å². The van der Waals surface area contributed by atoms with Crippen LogP contribution in [0.15, 0.2) is 6.20 Å². The van der Waals surface area contributed by atoms with Gasteiger partial charge in [-0.3, -0.25) is 0 Å². The summed E-state index contributed by atoms with van der Waals surface area (Å²) in [7, 11) is 6.11. The Labute approximate surface area is 108 Å². The quantitative estimate of drug-likeness (QED) is 0.833. The van der Waals surface area contributed by atoms with Crippen LogP contribution in [0.4, 0.5) is 5.95 Å². The average molecular weight is 254 g/mol. The van der Waals surface area contributed by atoms with Crippen molar-refractivity contribution in [2.75, 3.05) is 31.8 Å². The molecule has 1 aliphatic carbocycles. The van der Waals surface area contributed by atoms with Crippen LogP contribution in [0.2, 0.25) is 0 Å². The Kier molecular flexibility index (Phi) is 3.68. The van der Waals surface area contributed by atoms with Gasteiger partial charge in [0, 0.05) is 39.0 Å². The number of anilines is 1. The molecule has 0 unspecified atom stereocenters. The Morgan fingerprint density at radius 1 is 1.53 bits per heavy atom. The van der Waals surface area contributed by atoms with E-state index in [1.165, 1.54) is 18.5 Å². The molecular weight excluding hydrogens is 232 g/mol. The maximum Gasteiger partial charge on any atom is 0.204 e. The number of imidazole rings is 1. The van der Waals surface area contributed by atoms with E-state index in [0.29, 0.717) is 4.75 Å². The molecule has 0 atom stereocenters. The van der Waals surface area contributed by atoms with Gasteiger partial charge in [0.15, 0.2) is 0 Å². The lowest BCUT2D eigenvalue weighted by molar-refractivity contribution is 0.634. The number of rotatable bonds is 6. The summed E-state index contributed by atoms with van der Waals surface area (Å²) in [6.45, 7) is 2.01. The van der Waals surface area contributed by atoms with Crippen LogP contribution in [-0.4, -0.2) is 41.2 Å². The Balaban J connectivity index is 1.87. The van der Waals surface area contributed by atoms with Gasteiger partial charge in [0.25, 0.3) is 0 Å². The van der Waals surface area contributed by atoms with Crippen LogP contribution < -0.4 is 10.2 Å². The molecule has 0 amide bonds. The van der Waals surface area contributed by atoms with Crippen LogP contribution in [0.3, 0.4) is 0 Å². The molecular formula is C12H22N4S. The van der Waals surface area contributed by atoms with Crippen molar-refractivity contribution in [3.63, 3.8) is 0 Å². The third-order valence-electron chi connectivity index (χ3n) is 3.45. The van der Waals surface area contributed by atoms with Gasteiger partial charge in [0.05, 0.1) is 11.9 Å². The van der Waals surface area contributed by atoms with Crippen molar-refractivity contribution in [1.82, 2.24) is 14.9 Å². The van der Waals surface area contributed by atoms with E-state index in [2.05, 4.69) is 28.2 Å². The van der Waals surface area contributed by atoms with E-state index in [-0.39, 0.29) is 0 Å². The number of hydrogen-bond acceptors (Lipinski definition) is 4. The average Bonchev–Trinajstić information content (AvgIpc) is 2.98. The zero-order chi connectivity index (χ0) is 12.5. The van der Waals surface area contributed by atoms with Gasteiger partial charge in [-0.2, -0.15) is 11.8 Å². The van der Waals surface area contributed by atoms with E-state index in [1.807, 2.05) is 37.0 Å². The third kappa shape index (κ3) is 2.77. The summed E-state index contributed by atoms with van der Waals surface area (Å²) >= 11 is 1.99. The van der Waals surface area contributed by atoms with Crippen molar-refractivity contribution >= 4 is 17.7 Å². The highest BCUT2D eigenvalue weighted by Crippen LogP contribution is 2.46. The summed E-state index contributed by atoms with van der Waals surface area (Å²) in [6, 6.07) is 0. The van der Waals surface area contributed by atoms with Gasteiger partial charge in [-0.1, -0.05) is 0 Å². The largest absolute Gasteiger partial charge is 0.348 e. The molecule has 1 heterocycles. The Morgan fingerprint density at radius 3 is 2.71 bits per heavy atom. The lowest BCUT2D eigenvalue weighted by Gasteiger charge is -2.15. The molecule has 1 aliphatic rings. The minimum absolute atomic E-state index is 0.531. The van der Waals surface area contributed by atoms with Crippen LogP contribution in [0, 0.1) is 0 Å². The summed E-state index contributed by atoms with van der Waals surface area (Å²) in [6.07, 6.45) is 6.88. The normalized spacial score (nSPS) is 17.2. The molecule has 1 aromatic heterocycles. The standard InChI is InChI=1S/C12H22N4S/c1-15(2)11-14-8-10(16(11)3)7-13-9-12(17-4)5-6-12/h8,13H,5-7,9H2,1-4H3. The van der Waals surface area contributed by atoms with Crippen LogP contribution in [-0.2, 0) is 13.6 Å². The molecule has 1 N–H and O–H groups in total. The van der Waals surface area contributed by atoms with Gasteiger partial charge in [-0.05, 0) is 19.1 Å². The summed E-state index contributed by atoms with van der Waals surface area (Å²) in [4.78, 5) is 6.45. The zero-order valence-electron chi connectivity index (χ0n) is 11.2. The first-order valence-electron chi connectivity index (χ1n) is 6.02. The van der Waals surface area contributed by atoms with Crippen molar-refractivity contribution in [2.24, 2.45) is 7.05 Å². The van der Waals surface area contributed by atoms with Gasteiger partial charge < -0.3 is 14.8 Å². The van der Waals surface area contributed by atoms with Gasteiger partial charge in [0.1, 0.15) is 0 Å². The first-order valence-corrected chi connectivity index (χ1v) is 7.24. The molecule has 4 nitrogen and oxygen atoms in total. The maximum atomic E-state index is 4.41. The number of thioether (sulfide) groups is 1. The molecule has 0 saturated heterocycles. The van der Waals surface area contributed by atoms with E-state index in [1.54, 1.807) is 0 Å². The molecule has 0 bridgehead atoms. The molecule has 1 fully saturated rings. The van der Waals surface area contributed by atoms with Crippen LogP contribution >= 0.6 is 11.8 Å². The highest BCUT2D eigenvalue weighted by Gasteiger charge is 2.41. The second-order valence-electron chi connectivity index (χ2n) is 4.99. The van der Waals surface area contributed by atoms with Gasteiger partial charge >= 0.3 is 0 Å². The highest BCUT2D eigenvalue weighted by atomic mass is 32.2. The fourth-order valence-electron chi connectivity index (χ4n) is 2.02. The zero-order valence-corrected chi connectivity index (χ0v) is 12.0. The first-order chi connectivity index (χ1) is 8.08. The van der Waals surface area contributed by atoms with E-state index in [4.69, 9.17) is 0 Å². The van der Waals surface area contributed by atoms with Crippen molar-refractivity contribution < 1.29 is 0 Å². The predicted octanol–water partition coefficient (Wildman–Crippen LogP) is 1.47. The lowest BCUT2D eigenvalue weighted by Crippen LogP contribution is -2.26. The second-order valence-corrected chi connectivity index (χ2v) is 6.27. The number of aromatic nitrogens is 2. The lowest BCUT2D eigenvalue weighted by atomic mass is 10.4. The third-order valence-corrected chi connectivity index (χ3v) is 4.87. The monoisotopic (exact) mass is 254 g/mol. The summed E-state index contributed by atoms with van der Waals surface area (Å²) in [5.74, 6) is 1.01. The second kappa shape index (κ2) is 4.90. The fraction of sp³-hybridized carbons (Fsp3) is 0.750. The SMILES string of the molecule is CSC1(CNCc2cnc(N(C)C)n2C)CC1. The van der Waals surface area contributed by atoms with Gasteiger partial charge in [0.2, 0.25) is 5.95 Å². The smallest absolute Gasteiger partial charge is 0.204 e. The molecule has 1 saturated carbocycles. The van der Waals surface area contributed by atoms with Crippen LogP contribution in [0.1, 0.15) is 18.5 Å². The van der Waals surface area contributed by atoms with Crippen molar-refractivity contribution in [3.05, 3.63) is 11.9 Å². The summed E-state index contributed by atoms with van der Waals surface area (Å²) in [5, 5.41) is 3.55. The van der Waals surface area contributed by atoms with Crippen molar-refractivity contribution in [3.8, 4) is 0 Å². The minimum Gasteiger partial charge on any atom is -0.348 e. The van der Waals surface area contributed by atoms with Gasteiger partial charge in [-0.25, -0.2) is 4.98 Å². The molecule has 0 spiro atoms. The minimum atomic E-state index is 0.531. The van der Waals surface area contributed by atoms with E-state index < -0.39 is 0 Å². The Bertz CT molecular complexity index is 382. The number of nitrogens with one attached hydrogen (secondary N) is 1. The van der Waals surface area contributed by atoms with E-state index >= 15 is 0 Å². The van der Waals surface area contributed by atoms with E-state index in [9.17, 15) is 0 Å². The molecule has 0 aromatic carbocycles. The van der Waals surface area contributed by atoms with Crippen LogP contribution in [0.5, 0.6) is 0 Å². The highest BCUT2D eigenvalue weighted by molar-refractivity contribution is 8.00. The molecule has 5 heteroatoms. The predicted molar refractivity (Wildman–Crippen MR) is 74.7 cm³/mol.